The molecule has 0 amide bonds. The third-order valence-corrected chi connectivity index (χ3v) is 5.88. The number of aromatic nitrogens is 3. The number of aryl methyl sites for hydroxylation is 6. The van der Waals surface area contributed by atoms with E-state index in [1.54, 1.807) is 25.3 Å². The van der Waals surface area contributed by atoms with E-state index in [0.717, 1.165) is 33.4 Å². The molecular formula is C28H29N3O2. The summed E-state index contributed by atoms with van der Waals surface area (Å²) in [6.07, 6.45) is 0. The van der Waals surface area contributed by atoms with Crippen molar-refractivity contribution in [3.8, 4) is 45.7 Å². The quantitative estimate of drug-likeness (QED) is 0.396. The second-order valence-corrected chi connectivity index (χ2v) is 8.74. The Kier molecular flexibility index (Phi) is 5.90. The molecule has 0 aliphatic carbocycles. The minimum absolute atomic E-state index is 0.0622. The van der Waals surface area contributed by atoms with E-state index in [4.69, 9.17) is 19.7 Å². The number of methoxy groups -OCH3 is 1. The van der Waals surface area contributed by atoms with Crippen LogP contribution in [0.1, 0.15) is 33.4 Å². The monoisotopic (exact) mass is 439 g/mol. The molecule has 5 nitrogen and oxygen atoms in total. The highest BCUT2D eigenvalue weighted by Gasteiger charge is 2.19. The lowest BCUT2D eigenvalue weighted by Crippen LogP contribution is -2.04. The Labute approximate surface area is 195 Å². The largest absolute Gasteiger partial charge is 0.507 e. The van der Waals surface area contributed by atoms with Gasteiger partial charge in [-0.1, -0.05) is 35.4 Å². The van der Waals surface area contributed by atoms with Crippen molar-refractivity contribution in [1.29, 1.82) is 0 Å². The number of ether oxygens (including phenoxy) is 1. The molecule has 168 valence electrons. The van der Waals surface area contributed by atoms with Crippen molar-refractivity contribution in [3.05, 3.63) is 75.8 Å². The first-order valence-corrected chi connectivity index (χ1v) is 11.0. The number of nitrogens with zero attached hydrogens (tertiary/aromatic N) is 3. The van der Waals surface area contributed by atoms with Crippen molar-refractivity contribution >= 4 is 0 Å². The molecule has 0 fully saturated rings. The lowest BCUT2D eigenvalue weighted by Gasteiger charge is -2.15. The third-order valence-electron chi connectivity index (χ3n) is 5.88. The zero-order chi connectivity index (χ0) is 23.9. The maximum Gasteiger partial charge on any atom is 0.167 e. The number of hydrogen-bond acceptors (Lipinski definition) is 5. The molecule has 0 saturated carbocycles. The van der Waals surface area contributed by atoms with E-state index in [1.165, 1.54) is 11.1 Å². The van der Waals surface area contributed by atoms with E-state index in [-0.39, 0.29) is 5.75 Å². The fraction of sp³-hybridized carbons (Fsp3) is 0.250. The molecule has 33 heavy (non-hydrogen) atoms. The number of rotatable bonds is 4. The Morgan fingerprint density at radius 2 is 1.03 bits per heavy atom. The van der Waals surface area contributed by atoms with Crippen LogP contribution in [0.25, 0.3) is 34.2 Å². The van der Waals surface area contributed by atoms with Gasteiger partial charge in [-0.15, -0.1) is 0 Å². The van der Waals surface area contributed by atoms with Crippen LogP contribution >= 0.6 is 0 Å². The second-order valence-electron chi connectivity index (χ2n) is 8.74. The van der Waals surface area contributed by atoms with Gasteiger partial charge in [0.1, 0.15) is 11.5 Å². The molecule has 1 N–H and O–H groups in total. The lowest BCUT2D eigenvalue weighted by molar-refractivity contribution is 0.408. The molecule has 5 heteroatoms. The number of phenolic OH excluding ortho intramolecular Hbond substituents is 1. The van der Waals surface area contributed by atoms with Gasteiger partial charge in [-0.25, -0.2) is 15.0 Å². The first-order valence-electron chi connectivity index (χ1n) is 11.0. The molecule has 1 aromatic heterocycles. The molecule has 0 radical (unpaired) electrons. The van der Waals surface area contributed by atoms with Crippen LogP contribution in [0.4, 0.5) is 0 Å². The number of phenols is 1. The van der Waals surface area contributed by atoms with Gasteiger partial charge in [0.25, 0.3) is 0 Å². The Hall–Kier alpha value is -3.73. The van der Waals surface area contributed by atoms with E-state index in [9.17, 15) is 5.11 Å². The summed E-state index contributed by atoms with van der Waals surface area (Å²) in [7, 11) is 1.57. The number of benzene rings is 3. The van der Waals surface area contributed by atoms with Gasteiger partial charge in [-0.2, -0.15) is 0 Å². The molecule has 4 rings (SSSR count). The molecule has 1 heterocycles. The molecule has 3 aromatic carbocycles. The Morgan fingerprint density at radius 1 is 0.606 bits per heavy atom. The molecule has 4 aromatic rings. The Morgan fingerprint density at radius 3 is 1.42 bits per heavy atom. The first-order chi connectivity index (χ1) is 15.7. The van der Waals surface area contributed by atoms with E-state index in [1.807, 2.05) is 0 Å². The minimum atomic E-state index is 0.0622. The van der Waals surface area contributed by atoms with Crippen molar-refractivity contribution < 1.29 is 9.84 Å². The average Bonchev–Trinajstić information content (AvgIpc) is 2.72. The molecule has 0 unspecified atom stereocenters. The van der Waals surface area contributed by atoms with Crippen molar-refractivity contribution in [2.45, 2.75) is 41.5 Å². The summed E-state index contributed by atoms with van der Waals surface area (Å²) in [6.45, 7) is 12.5. The average molecular weight is 440 g/mol. The van der Waals surface area contributed by atoms with Gasteiger partial charge >= 0.3 is 0 Å². The zero-order valence-electron chi connectivity index (χ0n) is 20.2. The number of hydrogen-bond donors (Lipinski definition) is 1. The van der Waals surface area contributed by atoms with Crippen LogP contribution in [-0.2, 0) is 0 Å². The fourth-order valence-corrected chi connectivity index (χ4v) is 4.61. The maximum absolute atomic E-state index is 10.7. The van der Waals surface area contributed by atoms with Crippen LogP contribution in [0.5, 0.6) is 11.5 Å². The highest BCUT2D eigenvalue weighted by Crippen LogP contribution is 2.35. The molecule has 0 bridgehead atoms. The Balaban J connectivity index is 2.03. The smallest absolute Gasteiger partial charge is 0.167 e. The predicted molar refractivity (Wildman–Crippen MR) is 133 cm³/mol. The first kappa shape index (κ1) is 22.5. The van der Waals surface area contributed by atoms with Crippen LogP contribution in [-0.4, -0.2) is 27.2 Å². The van der Waals surface area contributed by atoms with Gasteiger partial charge in [-0.05, 0) is 75.9 Å². The van der Waals surface area contributed by atoms with Gasteiger partial charge in [0, 0.05) is 17.2 Å². The zero-order valence-corrected chi connectivity index (χ0v) is 20.2. The van der Waals surface area contributed by atoms with Crippen LogP contribution in [0.2, 0.25) is 0 Å². The van der Waals surface area contributed by atoms with Crippen molar-refractivity contribution in [2.75, 3.05) is 7.11 Å². The van der Waals surface area contributed by atoms with Crippen LogP contribution < -0.4 is 4.74 Å². The summed E-state index contributed by atoms with van der Waals surface area (Å²) in [5.74, 6) is 2.25. The highest BCUT2D eigenvalue weighted by atomic mass is 16.5. The summed E-state index contributed by atoms with van der Waals surface area (Å²) in [6, 6.07) is 13.7. The van der Waals surface area contributed by atoms with E-state index in [2.05, 4.69) is 65.8 Å². The lowest BCUT2D eigenvalue weighted by atomic mass is 9.97. The summed E-state index contributed by atoms with van der Waals surface area (Å²) >= 11 is 0. The van der Waals surface area contributed by atoms with Gasteiger partial charge in [0.2, 0.25) is 0 Å². The second kappa shape index (κ2) is 8.66. The van der Waals surface area contributed by atoms with Gasteiger partial charge in [0.15, 0.2) is 17.5 Å². The summed E-state index contributed by atoms with van der Waals surface area (Å²) < 4.78 is 5.24. The minimum Gasteiger partial charge on any atom is -0.507 e. The standard InChI is InChI=1S/C28H29N3O2/c1-15-10-17(3)24(18(4)11-15)27-29-26(22-9-8-21(33-7)14-23(22)32)30-28(31-27)25-19(5)12-16(2)13-20(25)6/h8-14,32H,1-7H3. The molecule has 0 atom stereocenters. The van der Waals surface area contributed by atoms with Crippen LogP contribution in [0, 0.1) is 41.5 Å². The highest BCUT2D eigenvalue weighted by molar-refractivity contribution is 5.74. The Bertz CT molecular complexity index is 1250. The summed E-state index contributed by atoms with van der Waals surface area (Å²) in [4.78, 5) is 14.6. The van der Waals surface area contributed by atoms with Crippen molar-refractivity contribution in [3.63, 3.8) is 0 Å². The fourth-order valence-electron chi connectivity index (χ4n) is 4.61. The molecular weight excluding hydrogens is 410 g/mol. The maximum atomic E-state index is 10.7. The van der Waals surface area contributed by atoms with Gasteiger partial charge in [0.05, 0.1) is 12.7 Å². The molecule has 0 aliphatic rings. The molecule has 0 spiro atoms. The summed E-state index contributed by atoms with van der Waals surface area (Å²) in [5.41, 5.74) is 9.31. The number of aromatic hydroxyl groups is 1. The third kappa shape index (κ3) is 4.31. The SMILES string of the molecule is COc1ccc(-c2nc(-c3c(C)cc(C)cc3C)nc(-c3c(C)cc(C)cc3C)n2)c(O)c1. The van der Waals surface area contributed by atoms with Gasteiger partial charge in [-0.3, -0.25) is 0 Å². The van der Waals surface area contributed by atoms with Crippen LogP contribution in [0.15, 0.2) is 42.5 Å². The van der Waals surface area contributed by atoms with Crippen molar-refractivity contribution in [1.82, 2.24) is 15.0 Å². The van der Waals surface area contributed by atoms with E-state index >= 15 is 0 Å². The predicted octanol–water partition coefficient (Wildman–Crippen LogP) is 6.44. The topological polar surface area (TPSA) is 68.1 Å². The van der Waals surface area contributed by atoms with Gasteiger partial charge < -0.3 is 9.84 Å². The molecule has 0 saturated heterocycles. The molecule has 0 aliphatic heterocycles. The van der Waals surface area contributed by atoms with E-state index in [0.29, 0.717) is 28.8 Å². The van der Waals surface area contributed by atoms with Crippen LogP contribution in [0.3, 0.4) is 0 Å². The summed E-state index contributed by atoms with van der Waals surface area (Å²) in [5, 5.41) is 10.7. The van der Waals surface area contributed by atoms with E-state index < -0.39 is 0 Å². The van der Waals surface area contributed by atoms with Crippen molar-refractivity contribution in [2.24, 2.45) is 0 Å². The normalized spacial score (nSPS) is 11.0.